The van der Waals surface area contributed by atoms with Crippen LogP contribution in [0.1, 0.15) is 42.5 Å². The third-order valence-corrected chi connectivity index (χ3v) is 4.28. The third-order valence-electron chi connectivity index (χ3n) is 4.28. The minimum absolute atomic E-state index is 0.0337. The van der Waals surface area contributed by atoms with Crippen molar-refractivity contribution in [1.29, 1.82) is 0 Å². The number of fused-ring (bicyclic) bond motifs is 1. The largest absolute Gasteiger partial charge is 0.505 e. The highest BCUT2D eigenvalue weighted by Gasteiger charge is 2.21. The summed E-state index contributed by atoms with van der Waals surface area (Å²) in [6.45, 7) is 3.99. The first kappa shape index (κ1) is 17.0. The zero-order valence-corrected chi connectivity index (χ0v) is 14.5. The number of phenolic OH excluding ortho intramolecular Hbond substituents is 1. The van der Waals surface area contributed by atoms with Crippen molar-refractivity contribution >= 4 is 16.8 Å². The van der Waals surface area contributed by atoms with Gasteiger partial charge in [-0.2, -0.15) is 0 Å². The molecule has 1 heterocycles. The van der Waals surface area contributed by atoms with E-state index in [1.165, 1.54) is 0 Å². The highest BCUT2D eigenvalue weighted by Crippen LogP contribution is 2.34. The molecular weight excluding hydrogens is 312 g/mol. The molecule has 0 saturated heterocycles. The van der Waals surface area contributed by atoms with E-state index >= 15 is 0 Å². The number of phenols is 1. The predicted molar refractivity (Wildman–Crippen MR) is 99.5 cm³/mol. The number of aryl methyl sites for hydroxylation is 1. The number of carbonyl (C=O) groups is 1. The van der Waals surface area contributed by atoms with Gasteiger partial charge in [0, 0.05) is 23.6 Å². The standard InChI is InChI=1S/C21H22N2O2/c1-3-5-18(24)23-19(16-9-7-14(2)8-10-16)17-12-11-15-6-4-13-22-20(15)21(17)25/h4,6-13,19,25H,3,5H2,1-2H3,(H,23,24)/t19-/m1/s1. The Hall–Kier alpha value is -2.88. The number of rotatable bonds is 5. The second kappa shape index (κ2) is 7.34. The molecule has 3 rings (SSSR count). The molecule has 0 spiro atoms. The van der Waals surface area contributed by atoms with Gasteiger partial charge in [0.1, 0.15) is 11.3 Å². The molecule has 0 unspecified atom stereocenters. The molecule has 0 aliphatic carbocycles. The molecule has 0 bridgehead atoms. The Labute approximate surface area is 147 Å². The van der Waals surface area contributed by atoms with E-state index < -0.39 is 6.04 Å². The first-order valence-corrected chi connectivity index (χ1v) is 8.52. The molecule has 4 nitrogen and oxygen atoms in total. The Bertz CT molecular complexity index is 888. The monoisotopic (exact) mass is 334 g/mol. The van der Waals surface area contributed by atoms with Crippen LogP contribution in [-0.2, 0) is 4.79 Å². The maximum absolute atomic E-state index is 12.2. The molecule has 4 heteroatoms. The fraction of sp³-hybridized carbons (Fsp3) is 0.238. The van der Waals surface area contributed by atoms with Crippen LogP contribution in [-0.4, -0.2) is 16.0 Å². The molecule has 0 radical (unpaired) electrons. The van der Waals surface area contributed by atoms with Crippen LogP contribution in [0.2, 0.25) is 0 Å². The Morgan fingerprint density at radius 2 is 1.92 bits per heavy atom. The number of hydrogen-bond donors (Lipinski definition) is 2. The van der Waals surface area contributed by atoms with E-state index in [1.807, 2.05) is 62.4 Å². The summed E-state index contributed by atoms with van der Waals surface area (Å²) in [5.41, 5.74) is 3.27. The van der Waals surface area contributed by atoms with Crippen molar-refractivity contribution in [3.8, 4) is 5.75 Å². The molecule has 128 valence electrons. The summed E-state index contributed by atoms with van der Waals surface area (Å²) >= 11 is 0. The van der Waals surface area contributed by atoms with E-state index in [-0.39, 0.29) is 11.7 Å². The van der Waals surface area contributed by atoms with E-state index in [4.69, 9.17) is 0 Å². The number of nitrogens with one attached hydrogen (secondary N) is 1. The highest BCUT2D eigenvalue weighted by atomic mass is 16.3. The minimum atomic E-state index is -0.411. The molecule has 0 fully saturated rings. The first-order valence-electron chi connectivity index (χ1n) is 8.52. The second-order valence-corrected chi connectivity index (χ2v) is 6.24. The van der Waals surface area contributed by atoms with Crippen molar-refractivity contribution in [2.75, 3.05) is 0 Å². The number of hydrogen-bond acceptors (Lipinski definition) is 3. The van der Waals surface area contributed by atoms with Crippen molar-refractivity contribution < 1.29 is 9.90 Å². The topological polar surface area (TPSA) is 62.2 Å². The lowest BCUT2D eigenvalue weighted by molar-refractivity contribution is -0.121. The number of benzene rings is 2. The normalized spacial score (nSPS) is 12.1. The van der Waals surface area contributed by atoms with Gasteiger partial charge in [-0.1, -0.05) is 55.0 Å². The van der Waals surface area contributed by atoms with Gasteiger partial charge >= 0.3 is 0 Å². The SMILES string of the molecule is CCCC(=O)N[C@H](c1ccc(C)cc1)c1ccc2cccnc2c1O. The molecule has 3 aromatic rings. The van der Waals surface area contributed by atoms with E-state index in [2.05, 4.69) is 10.3 Å². The fourth-order valence-corrected chi connectivity index (χ4v) is 2.94. The van der Waals surface area contributed by atoms with Gasteiger partial charge in [-0.25, -0.2) is 0 Å². The molecule has 1 atom stereocenters. The van der Waals surface area contributed by atoms with Gasteiger partial charge in [-0.3, -0.25) is 9.78 Å². The van der Waals surface area contributed by atoms with Crippen molar-refractivity contribution in [1.82, 2.24) is 10.3 Å². The van der Waals surface area contributed by atoms with Crippen LogP contribution in [0.15, 0.2) is 54.7 Å². The molecule has 2 N–H and O–H groups in total. The van der Waals surface area contributed by atoms with Crippen LogP contribution >= 0.6 is 0 Å². The summed E-state index contributed by atoms with van der Waals surface area (Å²) in [7, 11) is 0. The van der Waals surface area contributed by atoms with Crippen molar-refractivity contribution in [2.24, 2.45) is 0 Å². The maximum atomic E-state index is 12.2. The lowest BCUT2D eigenvalue weighted by atomic mass is 9.95. The van der Waals surface area contributed by atoms with Crippen LogP contribution in [0.5, 0.6) is 5.75 Å². The van der Waals surface area contributed by atoms with Crippen LogP contribution < -0.4 is 5.32 Å². The third kappa shape index (κ3) is 3.63. The van der Waals surface area contributed by atoms with Crippen LogP contribution in [0.3, 0.4) is 0 Å². The Kier molecular flexibility index (Phi) is 4.98. The van der Waals surface area contributed by atoms with E-state index in [0.29, 0.717) is 17.5 Å². The average molecular weight is 334 g/mol. The zero-order valence-electron chi connectivity index (χ0n) is 14.5. The molecule has 2 aromatic carbocycles. The smallest absolute Gasteiger partial charge is 0.220 e. The molecule has 0 aliphatic rings. The number of pyridine rings is 1. The number of aromatic hydroxyl groups is 1. The van der Waals surface area contributed by atoms with Gasteiger partial charge in [0.2, 0.25) is 5.91 Å². The quantitative estimate of drug-likeness (QED) is 0.733. The molecule has 0 aliphatic heterocycles. The van der Waals surface area contributed by atoms with Gasteiger partial charge in [0.15, 0.2) is 0 Å². The Morgan fingerprint density at radius 3 is 2.64 bits per heavy atom. The number of aromatic nitrogens is 1. The summed E-state index contributed by atoms with van der Waals surface area (Å²) in [4.78, 5) is 16.5. The first-order chi connectivity index (χ1) is 12.1. The number of nitrogens with zero attached hydrogens (tertiary/aromatic N) is 1. The summed E-state index contributed by atoms with van der Waals surface area (Å²) in [6, 6.07) is 15.1. The van der Waals surface area contributed by atoms with Crippen LogP contribution in [0, 0.1) is 6.92 Å². The summed E-state index contributed by atoms with van der Waals surface area (Å²) in [5, 5.41) is 14.7. The molecular formula is C21H22N2O2. The van der Waals surface area contributed by atoms with Crippen molar-refractivity contribution in [3.63, 3.8) is 0 Å². The summed E-state index contributed by atoms with van der Waals surface area (Å²) in [6.07, 6.45) is 2.88. The molecule has 1 amide bonds. The van der Waals surface area contributed by atoms with E-state index in [1.54, 1.807) is 6.20 Å². The van der Waals surface area contributed by atoms with Crippen molar-refractivity contribution in [3.05, 3.63) is 71.4 Å². The average Bonchev–Trinajstić information content (AvgIpc) is 2.62. The number of amides is 1. The summed E-state index contributed by atoms with van der Waals surface area (Å²) < 4.78 is 0. The predicted octanol–water partition coefficient (Wildman–Crippen LogP) is 4.25. The van der Waals surface area contributed by atoms with Gasteiger partial charge in [0.05, 0.1) is 6.04 Å². The van der Waals surface area contributed by atoms with Gasteiger partial charge in [-0.15, -0.1) is 0 Å². The van der Waals surface area contributed by atoms with Gasteiger partial charge < -0.3 is 10.4 Å². The van der Waals surface area contributed by atoms with E-state index in [0.717, 1.165) is 22.9 Å². The summed E-state index contributed by atoms with van der Waals surface area (Å²) in [5.74, 6) is 0.0778. The Balaban J connectivity index is 2.08. The van der Waals surface area contributed by atoms with Crippen LogP contribution in [0.4, 0.5) is 0 Å². The fourth-order valence-electron chi connectivity index (χ4n) is 2.94. The molecule has 0 saturated carbocycles. The zero-order chi connectivity index (χ0) is 17.8. The molecule has 25 heavy (non-hydrogen) atoms. The van der Waals surface area contributed by atoms with E-state index in [9.17, 15) is 9.90 Å². The van der Waals surface area contributed by atoms with Crippen LogP contribution in [0.25, 0.3) is 10.9 Å². The molecule has 1 aromatic heterocycles. The maximum Gasteiger partial charge on any atom is 0.220 e. The second-order valence-electron chi connectivity index (χ2n) is 6.24. The Morgan fingerprint density at radius 1 is 1.16 bits per heavy atom. The highest BCUT2D eigenvalue weighted by molar-refractivity contribution is 5.86. The lowest BCUT2D eigenvalue weighted by Gasteiger charge is -2.21. The minimum Gasteiger partial charge on any atom is -0.505 e. The van der Waals surface area contributed by atoms with Gasteiger partial charge in [0.25, 0.3) is 0 Å². The lowest BCUT2D eigenvalue weighted by Crippen LogP contribution is -2.29. The van der Waals surface area contributed by atoms with Gasteiger partial charge in [-0.05, 0) is 25.0 Å². The number of carbonyl (C=O) groups excluding carboxylic acids is 1. The van der Waals surface area contributed by atoms with Crippen molar-refractivity contribution in [2.45, 2.75) is 32.7 Å².